The summed E-state index contributed by atoms with van der Waals surface area (Å²) in [6, 6.07) is 7.35. The first-order valence-electron chi connectivity index (χ1n) is 11.8. The number of likely N-dealkylation sites (tertiary alicyclic amines) is 1. The van der Waals surface area contributed by atoms with Gasteiger partial charge in [-0.2, -0.15) is 0 Å². The predicted octanol–water partition coefficient (Wildman–Crippen LogP) is 2.37. The van der Waals surface area contributed by atoms with E-state index in [1.54, 1.807) is 15.5 Å². The van der Waals surface area contributed by atoms with Crippen LogP contribution in [0.1, 0.15) is 34.1 Å². The molecular weight excluding hydrogens is 434 g/mol. The molecule has 1 unspecified atom stereocenters. The lowest BCUT2D eigenvalue weighted by Gasteiger charge is -2.35. The van der Waals surface area contributed by atoms with E-state index in [4.69, 9.17) is 9.72 Å². The van der Waals surface area contributed by atoms with Gasteiger partial charge in [-0.3, -0.25) is 14.2 Å². The number of aromatic amines is 1. The minimum absolute atomic E-state index is 0.0728. The summed E-state index contributed by atoms with van der Waals surface area (Å²) in [6.45, 7) is 9.88. The maximum Gasteiger partial charge on any atom is 0.260 e. The standard InChI is InChI=1S/C25H31N5O4/c1-15(2)30-24-27-21(10-22(32)29(24)14-25(30,3)4)19-11-26-20-6-5-17(9-18(19)20)34-13-23(33)28-8-7-16(31)12-28/h5-6,9-11,15-16,26,31H,7-8,12-14H2,1-4H3. The molecule has 9 heteroatoms. The van der Waals surface area contributed by atoms with E-state index in [2.05, 4.69) is 37.6 Å². The average Bonchev–Trinajstić information content (AvgIpc) is 3.46. The van der Waals surface area contributed by atoms with E-state index in [9.17, 15) is 14.7 Å². The van der Waals surface area contributed by atoms with Gasteiger partial charge in [0.15, 0.2) is 6.61 Å². The molecule has 0 radical (unpaired) electrons. The summed E-state index contributed by atoms with van der Waals surface area (Å²) in [5.74, 6) is 1.10. The number of anilines is 1. The van der Waals surface area contributed by atoms with Crippen LogP contribution in [0.5, 0.6) is 5.75 Å². The largest absolute Gasteiger partial charge is 0.484 e. The number of ether oxygens (including phenoxy) is 1. The number of nitrogens with zero attached hydrogens (tertiary/aromatic N) is 4. The number of amides is 1. The van der Waals surface area contributed by atoms with Crippen LogP contribution in [-0.2, 0) is 11.3 Å². The predicted molar refractivity (Wildman–Crippen MR) is 130 cm³/mol. The number of hydrogen-bond donors (Lipinski definition) is 2. The molecule has 4 heterocycles. The van der Waals surface area contributed by atoms with Crippen molar-refractivity contribution in [1.82, 2.24) is 19.4 Å². The fraction of sp³-hybridized carbons (Fsp3) is 0.480. The molecule has 3 aromatic rings. The highest BCUT2D eigenvalue weighted by atomic mass is 16.5. The Morgan fingerprint density at radius 2 is 2.12 bits per heavy atom. The summed E-state index contributed by atoms with van der Waals surface area (Å²) < 4.78 is 7.52. The fourth-order valence-electron chi connectivity index (χ4n) is 5.23. The Morgan fingerprint density at radius 3 is 2.82 bits per heavy atom. The third kappa shape index (κ3) is 3.83. The number of hydrogen-bond acceptors (Lipinski definition) is 6. The zero-order valence-corrected chi connectivity index (χ0v) is 20.0. The quantitative estimate of drug-likeness (QED) is 0.600. The number of fused-ring (bicyclic) bond motifs is 2. The van der Waals surface area contributed by atoms with Crippen LogP contribution in [0.25, 0.3) is 22.2 Å². The molecule has 1 atom stereocenters. The number of benzene rings is 1. The highest BCUT2D eigenvalue weighted by molar-refractivity contribution is 5.95. The Balaban J connectivity index is 1.45. The van der Waals surface area contributed by atoms with Gasteiger partial charge in [-0.25, -0.2) is 4.98 Å². The Hall–Kier alpha value is -3.33. The molecular formula is C25H31N5O4. The van der Waals surface area contributed by atoms with Gasteiger partial charge in [-0.05, 0) is 52.3 Å². The summed E-state index contributed by atoms with van der Waals surface area (Å²) in [5.41, 5.74) is 2.02. The lowest BCUT2D eigenvalue weighted by Crippen LogP contribution is -2.45. The van der Waals surface area contributed by atoms with E-state index in [1.165, 1.54) is 0 Å². The van der Waals surface area contributed by atoms with Gasteiger partial charge in [0.1, 0.15) is 5.75 Å². The van der Waals surface area contributed by atoms with Crippen LogP contribution >= 0.6 is 0 Å². The van der Waals surface area contributed by atoms with Crippen LogP contribution < -0.4 is 15.2 Å². The molecule has 1 aromatic carbocycles. The SMILES string of the molecule is CC(C)N1c2nc(-c3c[nH]c4ccc(OCC(=O)N5CCC(O)C5)cc34)cc(=O)n2CC1(C)C. The van der Waals surface area contributed by atoms with E-state index >= 15 is 0 Å². The second-order valence-electron chi connectivity index (χ2n) is 10.1. The molecule has 180 valence electrons. The molecule has 2 N–H and O–H groups in total. The minimum Gasteiger partial charge on any atom is -0.484 e. The summed E-state index contributed by atoms with van der Waals surface area (Å²) in [6.07, 6.45) is 2.00. The fourth-order valence-corrected chi connectivity index (χ4v) is 5.23. The van der Waals surface area contributed by atoms with Crippen LogP contribution in [0.3, 0.4) is 0 Å². The third-order valence-corrected chi connectivity index (χ3v) is 6.72. The molecule has 0 aliphatic carbocycles. The maximum absolute atomic E-state index is 13.0. The van der Waals surface area contributed by atoms with Crippen molar-refractivity contribution < 1.29 is 14.6 Å². The highest BCUT2D eigenvalue weighted by Crippen LogP contribution is 2.35. The molecule has 1 saturated heterocycles. The molecule has 0 spiro atoms. The van der Waals surface area contributed by atoms with Gasteiger partial charge in [-0.15, -0.1) is 0 Å². The van der Waals surface area contributed by atoms with Crippen molar-refractivity contribution in [3.05, 3.63) is 40.8 Å². The van der Waals surface area contributed by atoms with Crippen molar-refractivity contribution in [2.75, 3.05) is 24.6 Å². The van der Waals surface area contributed by atoms with Gasteiger partial charge in [0.2, 0.25) is 5.95 Å². The molecule has 2 aliphatic rings. The zero-order valence-electron chi connectivity index (χ0n) is 20.0. The number of β-amino-alcohol motifs (C(OH)–C–C–N with tert-alkyl or cyclic N) is 1. The number of aliphatic hydroxyl groups excluding tert-OH is 1. The first-order valence-corrected chi connectivity index (χ1v) is 11.8. The summed E-state index contributed by atoms with van der Waals surface area (Å²) in [7, 11) is 0. The number of H-pyrrole nitrogens is 1. The van der Waals surface area contributed by atoms with Crippen molar-refractivity contribution in [3.63, 3.8) is 0 Å². The number of aliphatic hydroxyl groups is 1. The van der Waals surface area contributed by atoms with Gasteiger partial charge < -0.3 is 24.6 Å². The number of carbonyl (C=O) groups is 1. The topological polar surface area (TPSA) is 104 Å². The molecule has 1 amide bonds. The van der Waals surface area contributed by atoms with Crippen molar-refractivity contribution >= 4 is 22.8 Å². The Bertz CT molecular complexity index is 1310. The Labute approximate surface area is 198 Å². The molecule has 5 rings (SSSR count). The van der Waals surface area contributed by atoms with E-state index in [1.807, 2.05) is 24.4 Å². The first-order chi connectivity index (χ1) is 16.1. The number of rotatable bonds is 5. The van der Waals surface area contributed by atoms with Crippen LogP contribution in [0.4, 0.5) is 5.95 Å². The summed E-state index contributed by atoms with van der Waals surface area (Å²) >= 11 is 0. The van der Waals surface area contributed by atoms with Crippen LogP contribution in [0, 0.1) is 0 Å². The third-order valence-electron chi connectivity index (χ3n) is 6.72. The number of carbonyl (C=O) groups excluding carboxylic acids is 1. The van der Waals surface area contributed by atoms with Crippen LogP contribution in [0.2, 0.25) is 0 Å². The summed E-state index contributed by atoms with van der Waals surface area (Å²) in [4.78, 5) is 37.4. The zero-order chi connectivity index (χ0) is 24.2. The maximum atomic E-state index is 13.0. The molecule has 2 aromatic heterocycles. The second-order valence-corrected chi connectivity index (χ2v) is 10.1. The molecule has 34 heavy (non-hydrogen) atoms. The first kappa shape index (κ1) is 22.5. The van der Waals surface area contributed by atoms with Gasteiger partial charge in [-0.1, -0.05) is 0 Å². The molecule has 2 aliphatic heterocycles. The normalized spacial score (nSPS) is 19.3. The van der Waals surface area contributed by atoms with Gasteiger partial charge >= 0.3 is 0 Å². The number of aromatic nitrogens is 3. The van der Waals surface area contributed by atoms with Crippen LogP contribution in [-0.4, -0.2) is 67.8 Å². The number of nitrogens with one attached hydrogen (secondary N) is 1. The minimum atomic E-state index is -0.455. The van der Waals surface area contributed by atoms with E-state index < -0.39 is 6.10 Å². The van der Waals surface area contributed by atoms with Gasteiger partial charge in [0.25, 0.3) is 11.5 Å². The Kier molecular flexibility index (Phi) is 5.39. The average molecular weight is 466 g/mol. The molecule has 0 bridgehead atoms. The van der Waals surface area contributed by atoms with Gasteiger partial charge in [0.05, 0.1) is 23.9 Å². The van der Waals surface area contributed by atoms with Crippen molar-refractivity contribution in [3.8, 4) is 17.0 Å². The Morgan fingerprint density at radius 1 is 1.32 bits per heavy atom. The molecule has 1 fully saturated rings. The molecule has 9 nitrogen and oxygen atoms in total. The second kappa shape index (κ2) is 8.16. The van der Waals surface area contributed by atoms with Gasteiger partial charge in [0, 0.05) is 47.9 Å². The monoisotopic (exact) mass is 465 g/mol. The van der Waals surface area contributed by atoms with Crippen molar-refractivity contribution in [2.45, 2.75) is 58.3 Å². The lowest BCUT2D eigenvalue weighted by atomic mass is 10.0. The van der Waals surface area contributed by atoms with Crippen molar-refractivity contribution in [2.24, 2.45) is 0 Å². The van der Waals surface area contributed by atoms with E-state index in [0.717, 1.165) is 16.5 Å². The van der Waals surface area contributed by atoms with E-state index in [-0.39, 0.29) is 29.7 Å². The summed E-state index contributed by atoms with van der Waals surface area (Å²) in [5, 5.41) is 10.5. The smallest absolute Gasteiger partial charge is 0.260 e. The van der Waals surface area contributed by atoms with E-state index in [0.29, 0.717) is 43.4 Å². The van der Waals surface area contributed by atoms with Crippen molar-refractivity contribution in [1.29, 1.82) is 0 Å². The lowest BCUT2D eigenvalue weighted by molar-refractivity contribution is -0.132. The molecule has 0 saturated carbocycles. The van der Waals surface area contributed by atoms with Crippen LogP contribution in [0.15, 0.2) is 35.3 Å². The highest BCUT2D eigenvalue weighted by Gasteiger charge is 2.39.